The van der Waals surface area contributed by atoms with Crippen molar-refractivity contribution in [1.82, 2.24) is 0 Å². The van der Waals surface area contributed by atoms with Gasteiger partial charge in [0.1, 0.15) is 0 Å². The molecule has 0 aliphatic heterocycles. The number of benzene rings is 2. The molecule has 3 nitrogen and oxygen atoms in total. The van der Waals surface area contributed by atoms with Crippen molar-refractivity contribution in [3.8, 4) is 5.75 Å². The summed E-state index contributed by atoms with van der Waals surface area (Å²) < 4.78 is 63.6. The maximum Gasteiger partial charge on any atom is 0.534 e. The van der Waals surface area contributed by atoms with Crippen molar-refractivity contribution in [1.29, 1.82) is 0 Å². The summed E-state index contributed by atoms with van der Waals surface area (Å²) in [4.78, 5) is 0. The summed E-state index contributed by atoms with van der Waals surface area (Å²) in [6.45, 7) is 0. The van der Waals surface area contributed by atoms with Gasteiger partial charge in [-0.1, -0.05) is 40.2 Å². The van der Waals surface area contributed by atoms with Crippen LogP contribution in [0.5, 0.6) is 5.75 Å². The van der Waals surface area contributed by atoms with Crippen molar-refractivity contribution in [2.24, 2.45) is 0 Å². The Labute approximate surface area is 115 Å². The van der Waals surface area contributed by atoms with Gasteiger partial charge >= 0.3 is 15.6 Å². The van der Waals surface area contributed by atoms with Gasteiger partial charge in [0.05, 0.1) is 0 Å². The van der Waals surface area contributed by atoms with E-state index in [1.807, 2.05) is 0 Å². The first-order valence-electron chi connectivity index (χ1n) is 4.90. The summed E-state index contributed by atoms with van der Waals surface area (Å²) in [7, 11) is -5.67. The third-order valence-electron chi connectivity index (χ3n) is 2.31. The number of halogens is 4. The number of hydrogen-bond donors (Lipinski definition) is 0. The molecule has 0 radical (unpaired) electrons. The van der Waals surface area contributed by atoms with E-state index in [1.54, 1.807) is 18.2 Å². The topological polar surface area (TPSA) is 43.4 Å². The zero-order valence-electron chi connectivity index (χ0n) is 9.11. The molecule has 102 valence electrons. The molecule has 0 saturated heterocycles. The molecule has 0 unspecified atom stereocenters. The van der Waals surface area contributed by atoms with Crippen LogP contribution < -0.4 is 4.18 Å². The normalized spacial score (nSPS) is 12.6. The molecule has 8 heteroatoms. The lowest BCUT2D eigenvalue weighted by Crippen LogP contribution is -2.28. The molecule has 0 N–H and O–H groups in total. The Hall–Kier alpha value is -1.28. The predicted molar refractivity (Wildman–Crippen MR) is 67.3 cm³/mol. The molecule has 2 aromatic rings. The molecule has 0 aliphatic rings. The lowest BCUT2D eigenvalue weighted by Gasteiger charge is -2.12. The highest BCUT2D eigenvalue weighted by Crippen LogP contribution is 2.34. The Bertz CT molecular complexity index is 726. The fourth-order valence-electron chi connectivity index (χ4n) is 1.47. The fraction of sp³-hybridized carbons (Fsp3) is 0.0909. The Morgan fingerprint density at radius 2 is 1.58 bits per heavy atom. The molecule has 0 fully saturated rings. The molecular formula is C11H6BrF3O3S. The zero-order valence-corrected chi connectivity index (χ0v) is 11.5. The van der Waals surface area contributed by atoms with Gasteiger partial charge in [0.2, 0.25) is 0 Å². The van der Waals surface area contributed by atoms with E-state index in [0.717, 1.165) is 6.07 Å². The summed E-state index contributed by atoms with van der Waals surface area (Å²) >= 11 is 3.22. The Kier molecular flexibility index (Phi) is 3.48. The van der Waals surface area contributed by atoms with Gasteiger partial charge in [-0.2, -0.15) is 21.6 Å². The first-order valence-corrected chi connectivity index (χ1v) is 7.10. The summed E-state index contributed by atoms with van der Waals surface area (Å²) in [5.41, 5.74) is -5.46. The second-order valence-corrected chi connectivity index (χ2v) is 5.97. The molecule has 0 heterocycles. The van der Waals surface area contributed by atoms with Crippen molar-refractivity contribution >= 4 is 36.8 Å². The minimum Gasteiger partial charge on any atom is -0.375 e. The second-order valence-electron chi connectivity index (χ2n) is 3.57. The number of rotatable bonds is 2. The van der Waals surface area contributed by atoms with Crippen molar-refractivity contribution < 1.29 is 25.8 Å². The van der Waals surface area contributed by atoms with E-state index in [1.165, 1.54) is 12.1 Å². The highest BCUT2D eigenvalue weighted by atomic mass is 79.9. The third-order valence-corrected chi connectivity index (χ3v) is 3.97. The van der Waals surface area contributed by atoms with Gasteiger partial charge in [-0.15, -0.1) is 0 Å². The summed E-state index contributed by atoms with van der Waals surface area (Å²) in [6.07, 6.45) is 0. The standard InChI is InChI=1S/C11H6BrF3O3S/c12-9-5-6-10(8-4-2-1-3-7(8)9)18-19(16,17)11(13,14)15/h1-6H. The van der Waals surface area contributed by atoms with E-state index >= 15 is 0 Å². The molecular weight excluding hydrogens is 349 g/mol. The average Bonchev–Trinajstić information content (AvgIpc) is 2.32. The highest BCUT2D eigenvalue weighted by molar-refractivity contribution is 9.10. The summed E-state index contributed by atoms with van der Waals surface area (Å²) in [5, 5.41) is 0.821. The first kappa shape index (κ1) is 14.1. The van der Waals surface area contributed by atoms with Crippen molar-refractivity contribution in [3.63, 3.8) is 0 Å². The molecule has 0 spiro atoms. The van der Waals surface area contributed by atoms with Crippen LogP contribution in [0.2, 0.25) is 0 Å². The molecule has 0 aliphatic carbocycles. The lowest BCUT2D eigenvalue weighted by molar-refractivity contribution is -0.0499. The second kappa shape index (κ2) is 4.68. The van der Waals surface area contributed by atoms with Gasteiger partial charge in [-0.05, 0) is 17.5 Å². The van der Waals surface area contributed by atoms with E-state index in [0.29, 0.717) is 9.86 Å². The van der Waals surface area contributed by atoms with Gasteiger partial charge in [-0.25, -0.2) is 0 Å². The van der Waals surface area contributed by atoms with Gasteiger partial charge in [-0.3, -0.25) is 0 Å². The third kappa shape index (κ3) is 2.69. The van der Waals surface area contributed by atoms with Crippen LogP contribution in [-0.4, -0.2) is 13.9 Å². The van der Waals surface area contributed by atoms with Crippen LogP contribution >= 0.6 is 15.9 Å². The number of hydrogen-bond acceptors (Lipinski definition) is 3. The molecule has 0 aromatic heterocycles. The Balaban J connectivity index is 2.57. The Morgan fingerprint density at radius 1 is 1.00 bits per heavy atom. The highest BCUT2D eigenvalue weighted by Gasteiger charge is 2.48. The van der Waals surface area contributed by atoms with Gasteiger partial charge in [0.25, 0.3) is 0 Å². The maximum absolute atomic E-state index is 12.3. The van der Waals surface area contributed by atoms with Crippen LogP contribution in [-0.2, 0) is 10.1 Å². The lowest BCUT2D eigenvalue weighted by atomic mass is 10.1. The molecule has 0 amide bonds. The van der Waals surface area contributed by atoms with Crippen LogP contribution in [0.4, 0.5) is 13.2 Å². The Morgan fingerprint density at radius 3 is 2.16 bits per heavy atom. The number of fused-ring (bicyclic) bond motifs is 1. The minimum atomic E-state index is -5.67. The molecule has 0 saturated carbocycles. The van der Waals surface area contributed by atoms with Gasteiger partial charge in [0, 0.05) is 9.86 Å². The van der Waals surface area contributed by atoms with Gasteiger partial charge in [0.15, 0.2) is 5.75 Å². The van der Waals surface area contributed by atoms with Crippen molar-refractivity contribution in [3.05, 3.63) is 40.9 Å². The molecule has 2 aromatic carbocycles. The largest absolute Gasteiger partial charge is 0.534 e. The summed E-state index contributed by atoms with van der Waals surface area (Å²) in [6, 6.07) is 8.93. The van der Waals surface area contributed by atoms with E-state index < -0.39 is 15.6 Å². The van der Waals surface area contributed by atoms with Crippen molar-refractivity contribution in [2.45, 2.75) is 5.51 Å². The van der Waals surface area contributed by atoms with E-state index in [9.17, 15) is 21.6 Å². The monoisotopic (exact) mass is 354 g/mol. The fourth-order valence-corrected chi connectivity index (χ4v) is 2.43. The maximum atomic E-state index is 12.3. The predicted octanol–water partition coefficient (Wildman–Crippen LogP) is 3.83. The van der Waals surface area contributed by atoms with E-state index in [4.69, 9.17) is 0 Å². The summed E-state index contributed by atoms with van der Waals surface area (Å²) in [5.74, 6) is -0.365. The molecule has 0 bridgehead atoms. The van der Waals surface area contributed by atoms with Crippen LogP contribution in [0, 0.1) is 0 Å². The first-order chi connectivity index (χ1) is 8.72. The van der Waals surface area contributed by atoms with E-state index in [2.05, 4.69) is 20.1 Å². The molecule has 0 atom stereocenters. The minimum absolute atomic E-state index is 0.268. The molecule has 19 heavy (non-hydrogen) atoms. The van der Waals surface area contributed by atoms with E-state index in [-0.39, 0.29) is 11.1 Å². The van der Waals surface area contributed by atoms with Crippen LogP contribution in [0.25, 0.3) is 10.8 Å². The van der Waals surface area contributed by atoms with Crippen molar-refractivity contribution in [2.75, 3.05) is 0 Å². The molecule has 2 rings (SSSR count). The van der Waals surface area contributed by atoms with Gasteiger partial charge < -0.3 is 4.18 Å². The average molecular weight is 355 g/mol. The smallest absolute Gasteiger partial charge is 0.375 e. The quantitative estimate of drug-likeness (QED) is 0.608. The SMILES string of the molecule is O=S(=O)(Oc1ccc(Br)c2ccccc12)C(F)(F)F. The number of alkyl halides is 3. The zero-order chi connectivity index (χ0) is 14.3. The van der Waals surface area contributed by atoms with Crippen LogP contribution in [0.15, 0.2) is 40.9 Å². The van der Waals surface area contributed by atoms with Crippen LogP contribution in [0.3, 0.4) is 0 Å². The van der Waals surface area contributed by atoms with Crippen LogP contribution in [0.1, 0.15) is 0 Å².